The van der Waals surface area contributed by atoms with Crippen LogP contribution in [0.5, 0.6) is 5.75 Å². The molecule has 1 nitrogen and oxygen atoms in total. The Kier molecular flexibility index (Phi) is 7.10. The maximum absolute atomic E-state index is 15.2. The summed E-state index contributed by atoms with van der Waals surface area (Å²) in [6.45, 7) is 2.23. The Balaban J connectivity index is 1.48. The first-order chi connectivity index (χ1) is 16.1. The van der Waals surface area contributed by atoms with Gasteiger partial charge in [0.2, 0.25) is 5.75 Å². The average Bonchev–Trinajstić information content (AvgIpc) is 2.80. The molecular formula is C27H26F6O. The van der Waals surface area contributed by atoms with Crippen molar-refractivity contribution in [3.05, 3.63) is 76.6 Å². The van der Waals surface area contributed by atoms with Gasteiger partial charge in [-0.1, -0.05) is 43.7 Å². The maximum Gasteiger partial charge on any atom is 0.573 e. The summed E-state index contributed by atoms with van der Waals surface area (Å²) >= 11 is 0. The summed E-state index contributed by atoms with van der Waals surface area (Å²) < 4.78 is 83.4. The largest absolute Gasteiger partial charge is 0.573 e. The fraction of sp³-hybridized carbons (Fsp3) is 0.407. The van der Waals surface area contributed by atoms with Crippen molar-refractivity contribution in [2.75, 3.05) is 0 Å². The molecular weight excluding hydrogens is 454 g/mol. The van der Waals surface area contributed by atoms with Crippen LogP contribution in [0.2, 0.25) is 0 Å². The molecule has 3 aromatic rings. The highest BCUT2D eigenvalue weighted by molar-refractivity contribution is 5.84. The van der Waals surface area contributed by atoms with Crippen molar-refractivity contribution < 1.29 is 31.1 Å². The van der Waals surface area contributed by atoms with Gasteiger partial charge in [-0.05, 0) is 84.6 Å². The van der Waals surface area contributed by atoms with Crippen LogP contribution in [-0.2, 0) is 12.8 Å². The number of halogens is 6. The lowest BCUT2D eigenvalue weighted by atomic mass is 9.77. The molecule has 7 heteroatoms. The minimum absolute atomic E-state index is 0.0569. The van der Waals surface area contributed by atoms with Gasteiger partial charge >= 0.3 is 6.36 Å². The van der Waals surface area contributed by atoms with Crippen LogP contribution in [0.4, 0.5) is 26.3 Å². The summed E-state index contributed by atoms with van der Waals surface area (Å²) in [6.07, 6.45) is 0.933. The van der Waals surface area contributed by atoms with Gasteiger partial charge in [0.25, 0.3) is 0 Å². The summed E-state index contributed by atoms with van der Waals surface area (Å²) in [4.78, 5) is 0. The predicted octanol–water partition coefficient (Wildman–Crippen LogP) is 8.62. The highest BCUT2D eigenvalue weighted by Crippen LogP contribution is 2.38. The Morgan fingerprint density at radius 1 is 0.853 bits per heavy atom. The lowest BCUT2D eigenvalue weighted by Gasteiger charge is -2.28. The lowest BCUT2D eigenvalue weighted by Crippen LogP contribution is -2.19. The van der Waals surface area contributed by atoms with Crippen molar-refractivity contribution in [1.82, 2.24) is 0 Å². The van der Waals surface area contributed by atoms with Crippen LogP contribution >= 0.6 is 0 Å². The van der Waals surface area contributed by atoms with E-state index in [4.69, 9.17) is 0 Å². The number of benzene rings is 3. The van der Waals surface area contributed by atoms with Gasteiger partial charge in [-0.2, -0.15) is 0 Å². The van der Waals surface area contributed by atoms with Crippen LogP contribution in [0.25, 0.3) is 10.8 Å². The maximum atomic E-state index is 15.2. The van der Waals surface area contributed by atoms with Crippen molar-refractivity contribution in [3.63, 3.8) is 0 Å². The van der Waals surface area contributed by atoms with E-state index in [1.54, 1.807) is 12.1 Å². The Morgan fingerprint density at radius 2 is 1.53 bits per heavy atom. The normalized spacial score (nSPS) is 18.9. The third-order valence-electron chi connectivity index (χ3n) is 6.91. The van der Waals surface area contributed by atoms with E-state index in [-0.39, 0.29) is 18.4 Å². The first-order valence-electron chi connectivity index (χ1n) is 11.6. The van der Waals surface area contributed by atoms with Crippen LogP contribution in [0.15, 0.2) is 42.5 Å². The van der Waals surface area contributed by atoms with E-state index < -0.39 is 29.6 Å². The van der Waals surface area contributed by atoms with E-state index in [0.717, 1.165) is 36.3 Å². The molecule has 1 aliphatic rings. The fourth-order valence-electron chi connectivity index (χ4n) is 4.96. The molecule has 0 aliphatic heterocycles. The van der Waals surface area contributed by atoms with Gasteiger partial charge in [-0.15, -0.1) is 13.2 Å². The van der Waals surface area contributed by atoms with Crippen molar-refractivity contribution in [1.29, 1.82) is 0 Å². The average molecular weight is 480 g/mol. The van der Waals surface area contributed by atoms with Crippen molar-refractivity contribution >= 4 is 10.8 Å². The molecule has 0 bridgehead atoms. The third kappa shape index (κ3) is 5.50. The molecule has 1 saturated carbocycles. The molecule has 0 aromatic heterocycles. The Bertz CT molecular complexity index is 1140. The summed E-state index contributed by atoms with van der Waals surface area (Å²) in [5, 5.41) is 1.29. The molecule has 0 radical (unpaired) electrons. The van der Waals surface area contributed by atoms with Crippen LogP contribution in [0.1, 0.15) is 61.6 Å². The topological polar surface area (TPSA) is 9.23 Å². The molecule has 0 atom stereocenters. The fourth-order valence-corrected chi connectivity index (χ4v) is 4.96. The minimum Gasteiger partial charge on any atom is -0.399 e. The minimum atomic E-state index is -5.20. The number of fused-ring (bicyclic) bond motifs is 1. The van der Waals surface area contributed by atoms with Gasteiger partial charge in [0.05, 0.1) is 0 Å². The molecule has 34 heavy (non-hydrogen) atoms. The molecule has 0 spiro atoms. The number of aryl methyl sites for hydroxylation is 2. The van der Waals surface area contributed by atoms with Gasteiger partial charge < -0.3 is 4.74 Å². The number of ether oxygens (including phenoxy) is 1. The summed E-state index contributed by atoms with van der Waals surface area (Å²) in [6, 6.07) is 10.9. The van der Waals surface area contributed by atoms with Crippen molar-refractivity contribution in [3.8, 4) is 5.75 Å². The van der Waals surface area contributed by atoms with Gasteiger partial charge in [-0.25, -0.2) is 13.2 Å². The first-order valence-corrected chi connectivity index (χ1v) is 11.6. The quantitative estimate of drug-likeness (QED) is 0.321. The van der Waals surface area contributed by atoms with Gasteiger partial charge in [0.15, 0.2) is 11.6 Å². The SMILES string of the molecule is CCC1CCC(c2ccc3c(F)c(CCc4cc(F)c(OC(F)(F)F)c(F)c4)ccc3c2)CC1. The van der Waals surface area contributed by atoms with Gasteiger partial charge in [0, 0.05) is 5.39 Å². The van der Waals surface area contributed by atoms with E-state index in [1.165, 1.54) is 24.8 Å². The van der Waals surface area contributed by atoms with Crippen LogP contribution < -0.4 is 4.74 Å². The zero-order valence-corrected chi connectivity index (χ0v) is 18.8. The monoisotopic (exact) mass is 480 g/mol. The van der Waals surface area contributed by atoms with Crippen LogP contribution in [0, 0.1) is 23.4 Å². The third-order valence-corrected chi connectivity index (χ3v) is 6.91. The van der Waals surface area contributed by atoms with Crippen molar-refractivity contribution in [2.24, 2.45) is 5.92 Å². The Labute approximate surface area is 194 Å². The molecule has 182 valence electrons. The summed E-state index contributed by atoms with van der Waals surface area (Å²) in [7, 11) is 0. The van der Waals surface area contributed by atoms with E-state index in [1.807, 2.05) is 18.2 Å². The molecule has 4 rings (SSSR count). The zero-order valence-electron chi connectivity index (χ0n) is 18.8. The molecule has 0 saturated heterocycles. The predicted molar refractivity (Wildman–Crippen MR) is 119 cm³/mol. The van der Waals surface area contributed by atoms with Gasteiger partial charge in [0.1, 0.15) is 5.82 Å². The van der Waals surface area contributed by atoms with Crippen molar-refractivity contribution in [2.45, 2.75) is 64.1 Å². The Hall–Kier alpha value is -2.70. The Morgan fingerprint density at radius 3 is 2.15 bits per heavy atom. The molecule has 0 heterocycles. The van der Waals surface area contributed by atoms with E-state index in [0.29, 0.717) is 16.9 Å². The molecule has 0 amide bonds. The summed E-state index contributed by atoms with van der Waals surface area (Å²) in [5.74, 6) is -3.50. The molecule has 0 unspecified atom stereocenters. The van der Waals surface area contributed by atoms with Crippen LogP contribution in [-0.4, -0.2) is 6.36 Å². The summed E-state index contributed by atoms with van der Waals surface area (Å²) in [5.41, 5.74) is 1.71. The molecule has 1 fully saturated rings. The second-order valence-electron chi connectivity index (χ2n) is 9.08. The van der Waals surface area contributed by atoms with E-state index in [9.17, 15) is 22.0 Å². The zero-order chi connectivity index (χ0) is 24.5. The molecule has 3 aromatic carbocycles. The second kappa shape index (κ2) is 9.88. The van der Waals surface area contributed by atoms with E-state index in [2.05, 4.69) is 11.7 Å². The standard InChI is InChI=1S/C27H26F6O/c1-2-16-3-6-18(7-4-16)20-11-12-22-21(15-20)10-9-19(25(22)30)8-5-17-13-23(28)26(24(29)14-17)34-27(31,32)33/h9-16,18H,2-8H2,1H3. The molecule has 0 N–H and O–H groups in total. The number of alkyl halides is 3. The molecule has 1 aliphatic carbocycles. The number of hydrogen-bond donors (Lipinski definition) is 0. The highest BCUT2D eigenvalue weighted by Gasteiger charge is 2.34. The number of rotatable bonds is 6. The lowest BCUT2D eigenvalue weighted by molar-refractivity contribution is -0.276. The van der Waals surface area contributed by atoms with Gasteiger partial charge in [-0.3, -0.25) is 0 Å². The van der Waals surface area contributed by atoms with Crippen LogP contribution in [0.3, 0.4) is 0 Å². The highest BCUT2D eigenvalue weighted by atomic mass is 19.4. The second-order valence-corrected chi connectivity index (χ2v) is 9.08. The number of hydrogen-bond acceptors (Lipinski definition) is 1. The smallest absolute Gasteiger partial charge is 0.399 e. The van der Waals surface area contributed by atoms with E-state index >= 15 is 4.39 Å². The first kappa shape index (κ1) is 24.4.